The third kappa shape index (κ3) is 5.49. The number of nitrogens with zero attached hydrogens (tertiary/aromatic N) is 2. The Labute approximate surface area is 222 Å². The zero-order chi connectivity index (χ0) is 26.7. The summed E-state index contributed by atoms with van der Waals surface area (Å²) in [7, 11) is 1.95. The fraction of sp³-hybridized carbons (Fsp3) is 0.483. The molecule has 0 unspecified atom stereocenters. The summed E-state index contributed by atoms with van der Waals surface area (Å²) in [6.45, 7) is 3.21. The normalized spacial score (nSPS) is 20.5. The lowest BCUT2D eigenvalue weighted by molar-refractivity contribution is -0.147. The minimum absolute atomic E-state index is 0.132. The average molecular weight is 527 g/mol. The molecule has 1 saturated heterocycles. The largest absolute Gasteiger partial charge is 0.448 e. The minimum Gasteiger partial charge on any atom is -0.448 e. The molecular formula is C29H36F2N4O3. The maximum Gasteiger partial charge on any atom is 0.407 e. The van der Waals surface area contributed by atoms with Crippen LogP contribution in [0.5, 0.6) is 0 Å². The number of fused-ring (bicyclic) bond motifs is 3. The first-order chi connectivity index (χ1) is 18.4. The van der Waals surface area contributed by atoms with Gasteiger partial charge in [0.25, 0.3) is 0 Å². The number of H-pyrrole nitrogens is 1. The van der Waals surface area contributed by atoms with E-state index in [4.69, 9.17) is 9.47 Å². The monoisotopic (exact) mass is 526 g/mol. The van der Waals surface area contributed by atoms with Crippen LogP contribution in [0.4, 0.5) is 19.3 Å². The molecule has 3 aromatic rings. The Morgan fingerprint density at radius 1 is 1.26 bits per heavy atom. The number of ether oxygens (including phenoxy) is 2. The second-order valence-corrected chi connectivity index (χ2v) is 10.5. The van der Waals surface area contributed by atoms with Crippen molar-refractivity contribution >= 4 is 22.7 Å². The molecule has 0 bridgehead atoms. The lowest BCUT2D eigenvalue weighted by Gasteiger charge is -2.46. The van der Waals surface area contributed by atoms with Gasteiger partial charge in [0.05, 0.1) is 32.5 Å². The zero-order valence-corrected chi connectivity index (χ0v) is 22.0. The van der Waals surface area contributed by atoms with Crippen LogP contribution < -0.4 is 10.2 Å². The van der Waals surface area contributed by atoms with Crippen molar-refractivity contribution in [2.45, 2.75) is 37.5 Å². The number of rotatable bonds is 10. The van der Waals surface area contributed by atoms with Crippen molar-refractivity contribution in [2.75, 3.05) is 58.1 Å². The van der Waals surface area contributed by atoms with Crippen molar-refractivity contribution in [2.24, 2.45) is 0 Å². The molecule has 0 saturated carbocycles. The van der Waals surface area contributed by atoms with Gasteiger partial charge in [-0.15, -0.1) is 0 Å². The first kappa shape index (κ1) is 26.4. The van der Waals surface area contributed by atoms with Gasteiger partial charge in [0.15, 0.2) is 5.67 Å². The number of likely N-dealkylation sites (N-methyl/N-ethyl adjacent to an activating group) is 1. The van der Waals surface area contributed by atoms with Crippen LogP contribution in [0.3, 0.4) is 0 Å². The van der Waals surface area contributed by atoms with Crippen LogP contribution in [0.15, 0.2) is 48.5 Å². The summed E-state index contributed by atoms with van der Waals surface area (Å²) < 4.78 is 38.1. The molecule has 3 heterocycles. The van der Waals surface area contributed by atoms with Gasteiger partial charge in [0.1, 0.15) is 6.61 Å². The summed E-state index contributed by atoms with van der Waals surface area (Å²) in [5.74, 6) is 0. The van der Waals surface area contributed by atoms with Crippen LogP contribution in [0, 0.1) is 0 Å². The van der Waals surface area contributed by atoms with E-state index in [1.807, 2.05) is 30.1 Å². The Balaban J connectivity index is 1.39. The third-order valence-corrected chi connectivity index (χ3v) is 7.57. The van der Waals surface area contributed by atoms with Gasteiger partial charge in [0.2, 0.25) is 0 Å². The number of carbonyl (C=O) groups excluding carboxylic acids is 1. The van der Waals surface area contributed by atoms with E-state index in [0.717, 1.165) is 28.9 Å². The standard InChI is InChI=1S/C29H36F2N4O3/c1-20-15-24-23-9-3-4-10-25(23)33-26(24)27(35(20)17-29(31)18-37-19-29)21-7-5-8-22(16-21)34(2)13-14-38-28(36)32-12-6-11-30/h3-5,7-10,16,20,27,33H,6,11-15,17-19H2,1-2H3,(H,32,36)/t20-,27-/m1/s1. The van der Waals surface area contributed by atoms with Gasteiger partial charge in [-0.05, 0) is 49.1 Å². The van der Waals surface area contributed by atoms with E-state index in [2.05, 4.69) is 52.5 Å². The van der Waals surface area contributed by atoms with Crippen LogP contribution in [0.2, 0.25) is 0 Å². The lowest BCUT2D eigenvalue weighted by atomic mass is 9.87. The topological polar surface area (TPSA) is 69.8 Å². The van der Waals surface area contributed by atoms with E-state index < -0.39 is 18.4 Å². The van der Waals surface area contributed by atoms with E-state index >= 15 is 4.39 Å². The van der Waals surface area contributed by atoms with Crippen molar-refractivity contribution in [1.29, 1.82) is 0 Å². The van der Waals surface area contributed by atoms with E-state index in [0.29, 0.717) is 13.1 Å². The Morgan fingerprint density at radius 2 is 2.08 bits per heavy atom. The van der Waals surface area contributed by atoms with Crippen LogP contribution >= 0.6 is 0 Å². The molecular weight excluding hydrogens is 490 g/mol. The summed E-state index contributed by atoms with van der Waals surface area (Å²) in [4.78, 5) is 19.7. The average Bonchev–Trinajstić information content (AvgIpc) is 3.26. The highest BCUT2D eigenvalue weighted by molar-refractivity contribution is 5.85. The third-order valence-electron chi connectivity index (χ3n) is 7.57. The summed E-state index contributed by atoms with van der Waals surface area (Å²) in [6.07, 6.45) is 0.573. The van der Waals surface area contributed by atoms with Gasteiger partial charge >= 0.3 is 6.09 Å². The molecule has 0 radical (unpaired) electrons. The highest BCUT2D eigenvalue weighted by Gasteiger charge is 2.45. The van der Waals surface area contributed by atoms with E-state index in [9.17, 15) is 9.18 Å². The molecule has 0 aliphatic carbocycles. The number of anilines is 1. The number of alkyl carbamates (subject to hydrolysis) is 1. The molecule has 0 spiro atoms. The predicted molar refractivity (Wildman–Crippen MR) is 144 cm³/mol. The van der Waals surface area contributed by atoms with Gasteiger partial charge in [0, 0.05) is 48.5 Å². The number of carbonyl (C=O) groups is 1. The molecule has 2 aliphatic heterocycles. The van der Waals surface area contributed by atoms with Crippen molar-refractivity contribution in [3.05, 3.63) is 65.4 Å². The fourth-order valence-electron chi connectivity index (χ4n) is 5.50. The Kier molecular flexibility index (Phi) is 7.85. The quantitative estimate of drug-likeness (QED) is 0.373. The second kappa shape index (κ2) is 11.3. The minimum atomic E-state index is -1.34. The molecule has 1 amide bonds. The van der Waals surface area contributed by atoms with Crippen molar-refractivity contribution in [3.63, 3.8) is 0 Å². The summed E-state index contributed by atoms with van der Waals surface area (Å²) in [5, 5.41) is 3.76. The smallest absolute Gasteiger partial charge is 0.407 e. The highest BCUT2D eigenvalue weighted by Crippen LogP contribution is 2.43. The highest BCUT2D eigenvalue weighted by atomic mass is 19.1. The van der Waals surface area contributed by atoms with Gasteiger partial charge in [-0.2, -0.15) is 0 Å². The number of hydrogen-bond acceptors (Lipinski definition) is 5. The summed E-state index contributed by atoms with van der Waals surface area (Å²) >= 11 is 0. The Bertz CT molecular complexity index is 1260. The molecule has 204 valence electrons. The van der Waals surface area contributed by atoms with Gasteiger partial charge in [-0.1, -0.05) is 30.3 Å². The zero-order valence-electron chi connectivity index (χ0n) is 22.0. The molecule has 2 N–H and O–H groups in total. The second-order valence-electron chi connectivity index (χ2n) is 10.5. The maximum atomic E-state index is 15.4. The Hall–Kier alpha value is -3.17. The number of para-hydroxylation sites is 1. The number of aromatic nitrogens is 1. The predicted octanol–water partition coefficient (Wildman–Crippen LogP) is 4.76. The van der Waals surface area contributed by atoms with Crippen molar-refractivity contribution in [1.82, 2.24) is 15.2 Å². The summed E-state index contributed by atoms with van der Waals surface area (Å²) in [6, 6.07) is 16.6. The number of aromatic amines is 1. The van der Waals surface area contributed by atoms with E-state index in [1.165, 1.54) is 10.9 Å². The maximum absolute atomic E-state index is 15.4. The molecule has 2 aliphatic rings. The lowest BCUT2D eigenvalue weighted by Crippen LogP contribution is -2.57. The first-order valence-electron chi connectivity index (χ1n) is 13.3. The van der Waals surface area contributed by atoms with E-state index in [-0.39, 0.29) is 44.9 Å². The number of alkyl halides is 2. The molecule has 1 fully saturated rings. The SMILES string of the molecule is C[C@@H]1Cc2c([nH]c3ccccc23)[C@@H](c2cccc(N(C)CCOC(=O)NCCCF)c2)N1CC1(F)COC1. The number of hydrogen-bond donors (Lipinski definition) is 2. The van der Waals surface area contributed by atoms with Crippen LogP contribution in [-0.4, -0.2) is 80.9 Å². The van der Waals surface area contributed by atoms with Crippen LogP contribution in [0.25, 0.3) is 10.9 Å². The van der Waals surface area contributed by atoms with Crippen molar-refractivity contribution < 1.29 is 23.0 Å². The molecule has 5 rings (SSSR count). The molecule has 9 heteroatoms. The summed E-state index contributed by atoms with van der Waals surface area (Å²) in [5.41, 5.74) is 4.20. The van der Waals surface area contributed by atoms with Crippen LogP contribution in [0.1, 0.15) is 36.2 Å². The number of nitrogens with one attached hydrogen (secondary N) is 2. The van der Waals surface area contributed by atoms with Crippen LogP contribution in [-0.2, 0) is 15.9 Å². The molecule has 7 nitrogen and oxygen atoms in total. The molecule has 1 aromatic heterocycles. The molecule has 38 heavy (non-hydrogen) atoms. The Morgan fingerprint density at radius 3 is 2.84 bits per heavy atom. The molecule has 2 atom stereocenters. The van der Waals surface area contributed by atoms with E-state index in [1.54, 1.807) is 0 Å². The van der Waals surface area contributed by atoms with Gasteiger partial charge < -0.3 is 24.7 Å². The van der Waals surface area contributed by atoms with Crippen molar-refractivity contribution in [3.8, 4) is 0 Å². The van der Waals surface area contributed by atoms with Gasteiger partial charge in [-0.3, -0.25) is 9.29 Å². The number of halogens is 2. The number of amides is 1. The number of benzene rings is 2. The fourth-order valence-corrected chi connectivity index (χ4v) is 5.50. The molecule has 2 aromatic carbocycles. The first-order valence-corrected chi connectivity index (χ1v) is 13.3. The van der Waals surface area contributed by atoms with Gasteiger partial charge in [-0.25, -0.2) is 9.18 Å².